The van der Waals surface area contributed by atoms with Crippen LogP contribution in [-0.4, -0.2) is 20.9 Å². The van der Waals surface area contributed by atoms with Crippen LogP contribution in [0.5, 0.6) is 11.5 Å². The molecule has 3 aliphatic rings. The van der Waals surface area contributed by atoms with Crippen molar-refractivity contribution in [1.82, 2.24) is 0 Å². The van der Waals surface area contributed by atoms with E-state index >= 15 is 0 Å². The van der Waals surface area contributed by atoms with Crippen LogP contribution in [0.1, 0.15) is 112 Å². The summed E-state index contributed by atoms with van der Waals surface area (Å²) >= 11 is 5.96. The van der Waals surface area contributed by atoms with Crippen molar-refractivity contribution in [3.05, 3.63) is 46.5 Å². The third-order valence-corrected chi connectivity index (χ3v) is 12.8. The van der Waals surface area contributed by atoms with Gasteiger partial charge in [0.25, 0.3) is 0 Å². The molecule has 2 aromatic carbocycles. The summed E-state index contributed by atoms with van der Waals surface area (Å²) in [5.74, 6) is 2.11. The molecule has 0 bridgehead atoms. The zero-order chi connectivity index (χ0) is 28.2. The molecule has 0 amide bonds. The molecule has 38 heavy (non-hydrogen) atoms. The molecule has 5 heteroatoms. The van der Waals surface area contributed by atoms with Crippen molar-refractivity contribution in [3.8, 4) is 11.5 Å². The Kier molecular flexibility index (Phi) is 6.62. The number of thioether (sulfide) groups is 3. The maximum absolute atomic E-state index is 7.04. The third-order valence-electron chi connectivity index (χ3n) is 7.95. The van der Waals surface area contributed by atoms with Gasteiger partial charge in [-0.15, -0.1) is 23.5 Å². The minimum absolute atomic E-state index is 0.0264. The molecule has 3 aliphatic heterocycles. The van der Waals surface area contributed by atoms with Crippen molar-refractivity contribution in [3.63, 3.8) is 0 Å². The van der Waals surface area contributed by atoms with Crippen LogP contribution >= 0.6 is 35.3 Å². The fraction of sp³-hybridized carbons (Fsp3) is 0.636. The molecule has 5 rings (SSSR count). The van der Waals surface area contributed by atoms with Crippen LogP contribution < -0.4 is 9.47 Å². The van der Waals surface area contributed by atoms with Gasteiger partial charge in [-0.25, -0.2) is 0 Å². The molecule has 208 valence electrons. The van der Waals surface area contributed by atoms with E-state index in [1.54, 1.807) is 0 Å². The van der Waals surface area contributed by atoms with Gasteiger partial charge in [-0.1, -0.05) is 107 Å². The van der Waals surface area contributed by atoms with E-state index in [-0.39, 0.29) is 37.9 Å². The molecular formula is C33H46O2S3. The van der Waals surface area contributed by atoms with Crippen LogP contribution in [0.15, 0.2) is 34.1 Å². The lowest BCUT2D eigenvalue weighted by molar-refractivity contribution is 0.120. The maximum Gasteiger partial charge on any atom is 0.168 e. The van der Waals surface area contributed by atoms with E-state index in [4.69, 9.17) is 9.47 Å². The molecule has 0 N–H and O–H groups in total. The van der Waals surface area contributed by atoms with Crippen molar-refractivity contribution < 1.29 is 9.47 Å². The van der Waals surface area contributed by atoms with Gasteiger partial charge in [0.05, 0.1) is 19.6 Å². The van der Waals surface area contributed by atoms with E-state index < -0.39 is 0 Å². The van der Waals surface area contributed by atoms with E-state index in [0.29, 0.717) is 4.58 Å². The first kappa shape index (κ1) is 28.6. The lowest BCUT2D eigenvalue weighted by Crippen LogP contribution is -2.46. The predicted molar refractivity (Wildman–Crippen MR) is 168 cm³/mol. The lowest BCUT2D eigenvalue weighted by Gasteiger charge is -2.41. The summed E-state index contributed by atoms with van der Waals surface area (Å²) in [6.07, 6.45) is 0.0822. The smallest absolute Gasteiger partial charge is 0.168 e. The standard InChI is InChI=1S/C33H46O2S3/c1-29(2,3)18-14-20(31(7,8)9)25-22(16-18)34-24-27-33(13,38-28(24)37-25)35-23-17-19(30(4,5)6)15-21(26(23)36-27)32(10,11)12/h14-17,24,27-28H,1-13H3. The van der Waals surface area contributed by atoms with Gasteiger partial charge in [-0.2, -0.15) is 0 Å². The zero-order valence-electron chi connectivity index (χ0n) is 25.6. The van der Waals surface area contributed by atoms with E-state index in [0.717, 1.165) is 11.5 Å². The van der Waals surface area contributed by atoms with Gasteiger partial charge >= 0.3 is 0 Å². The monoisotopic (exact) mass is 570 g/mol. The molecule has 2 aromatic rings. The number of benzene rings is 2. The average molecular weight is 571 g/mol. The molecule has 1 saturated heterocycles. The summed E-state index contributed by atoms with van der Waals surface area (Å²) in [7, 11) is 0. The fourth-order valence-electron chi connectivity index (χ4n) is 5.47. The topological polar surface area (TPSA) is 18.5 Å². The molecule has 0 aromatic heterocycles. The Morgan fingerprint density at radius 3 is 1.58 bits per heavy atom. The Bertz CT molecular complexity index is 1270. The fourth-order valence-corrected chi connectivity index (χ4v) is 11.1. The SMILES string of the molecule is CC(C)(C)c1cc2c(c(C(C)(C)C)c1)SC1SC3(C)Oc4cc(C(C)(C)C)cc(C(C)(C)C)c4SC3C1O2. The second-order valence-corrected chi connectivity index (χ2v) is 19.7. The Labute approximate surface area is 244 Å². The van der Waals surface area contributed by atoms with E-state index in [1.165, 1.54) is 32.0 Å². The quantitative estimate of drug-likeness (QED) is 0.313. The first-order valence-corrected chi connectivity index (χ1v) is 16.6. The number of rotatable bonds is 0. The summed E-state index contributed by atoms with van der Waals surface area (Å²) in [5.41, 5.74) is 5.65. The summed E-state index contributed by atoms with van der Waals surface area (Å²) in [6.45, 7) is 30.0. The van der Waals surface area contributed by atoms with Crippen molar-refractivity contribution >= 4 is 35.3 Å². The molecule has 3 heterocycles. The van der Waals surface area contributed by atoms with Crippen LogP contribution in [0.2, 0.25) is 0 Å². The van der Waals surface area contributed by atoms with Crippen LogP contribution in [0.3, 0.4) is 0 Å². The second-order valence-electron chi connectivity index (χ2n) is 15.5. The summed E-state index contributed by atoms with van der Waals surface area (Å²) in [5, 5.41) is 0.212. The maximum atomic E-state index is 7.04. The van der Waals surface area contributed by atoms with Gasteiger partial charge in [-0.3, -0.25) is 0 Å². The van der Waals surface area contributed by atoms with E-state index in [9.17, 15) is 0 Å². The summed E-state index contributed by atoms with van der Waals surface area (Å²) in [6, 6.07) is 9.47. The highest BCUT2D eigenvalue weighted by Crippen LogP contribution is 2.64. The van der Waals surface area contributed by atoms with Crippen molar-refractivity contribution in [2.75, 3.05) is 0 Å². The third kappa shape index (κ3) is 4.91. The predicted octanol–water partition coefficient (Wildman–Crippen LogP) is 10.1. The average Bonchev–Trinajstić information content (AvgIpc) is 3.01. The molecule has 4 unspecified atom stereocenters. The van der Waals surface area contributed by atoms with Gasteiger partial charge in [0.2, 0.25) is 0 Å². The zero-order valence-corrected chi connectivity index (χ0v) is 28.0. The molecule has 0 saturated carbocycles. The highest BCUT2D eigenvalue weighted by atomic mass is 32.2. The van der Waals surface area contributed by atoms with E-state index in [1.807, 2.05) is 35.3 Å². The van der Waals surface area contributed by atoms with Gasteiger partial charge in [0, 0.05) is 0 Å². The van der Waals surface area contributed by atoms with Crippen LogP contribution in [0.4, 0.5) is 0 Å². The minimum atomic E-state index is -0.345. The minimum Gasteiger partial charge on any atom is -0.486 e. The Balaban J connectivity index is 1.59. The van der Waals surface area contributed by atoms with Crippen molar-refractivity contribution in [1.29, 1.82) is 0 Å². The molecular weight excluding hydrogens is 525 g/mol. The number of hydrogen-bond donors (Lipinski definition) is 0. The normalized spacial score (nSPS) is 27.0. The van der Waals surface area contributed by atoms with Gasteiger partial charge < -0.3 is 9.47 Å². The van der Waals surface area contributed by atoms with Gasteiger partial charge in [0.15, 0.2) is 4.93 Å². The Morgan fingerprint density at radius 1 is 0.632 bits per heavy atom. The van der Waals surface area contributed by atoms with Crippen LogP contribution in [0.25, 0.3) is 0 Å². The lowest BCUT2D eigenvalue weighted by atomic mass is 9.80. The Morgan fingerprint density at radius 2 is 1.11 bits per heavy atom. The number of ether oxygens (including phenoxy) is 2. The molecule has 1 fully saturated rings. The van der Waals surface area contributed by atoms with Crippen LogP contribution in [0, 0.1) is 0 Å². The summed E-state index contributed by atoms with van der Waals surface area (Å²) in [4.78, 5) is 2.27. The number of hydrogen-bond acceptors (Lipinski definition) is 5. The highest BCUT2D eigenvalue weighted by molar-refractivity contribution is 8.18. The van der Waals surface area contributed by atoms with E-state index in [2.05, 4.69) is 114 Å². The molecule has 0 spiro atoms. The molecule has 2 nitrogen and oxygen atoms in total. The molecule has 0 aliphatic carbocycles. The number of fused-ring (bicyclic) bond motifs is 5. The first-order chi connectivity index (χ1) is 17.2. The highest BCUT2D eigenvalue weighted by Gasteiger charge is 2.60. The van der Waals surface area contributed by atoms with Gasteiger partial charge in [0.1, 0.15) is 17.6 Å². The first-order valence-electron chi connectivity index (χ1n) is 13.9. The van der Waals surface area contributed by atoms with Crippen LogP contribution in [-0.2, 0) is 21.7 Å². The molecule has 0 radical (unpaired) electrons. The Hall–Kier alpha value is -0.910. The largest absolute Gasteiger partial charge is 0.486 e. The summed E-state index contributed by atoms with van der Waals surface area (Å²) < 4.78 is 14.4. The second kappa shape index (κ2) is 8.79. The molecule has 4 atom stereocenters. The van der Waals surface area contributed by atoms with Crippen molar-refractivity contribution in [2.45, 2.75) is 142 Å². The van der Waals surface area contributed by atoms with Gasteiger partial charge in [-0.05, 0) is 63.0 Å². The van der Waals surface area contributed by atoms with Crippen molar-refractivity contribution in [2.24, 2.45) is 0 Å².